The first-order valence-corrected chi connectivity index (χ1v) is 9.98. The van der Waals surface area contributed by atoms with Crippen molar-refractivity contribution in [1.82, 2.24) is 10.2 Å². The summed E-state index contributed by atoms with van der Waals surface area (Å²) in [6, 6.07) is 4.19. The third-order valence-electron chi connectivity index (χ3n) is 6.89. The van der Waals surface area contributed by atoms with Crippen LogP contribution in [-0.4, -0.2) is 52.5 Å². The van der Waals surface area contributed by atoms with Crippen LogP contribution in [-0.2, 0) is 15.9 Å². The lowest BCUT2D eigenvalue weighted by molar-refractivity contribution is -0.125. The summed E-state index contributed by atoms with van der Waals surface area (Å²) in [6.07, 6.45) is 1.16. The zero-order chi connectivity index (χ0) is 20.8. The Bertz CT molecular complexity index is 920. The molecule has 156 valence electrons. The van der Waals surface area contributed by atoms with Crippen molar-refractivity contribution in [3.8, 4) is 0 Å². The van der Waals surface area contributed by atoms with Crippen LogP contribution < -0.4 is 5.32 Å². The average Bonchev–Trinajstić information content (AvgIpc) is 3.47. The van der Waals surface area contributed by atoms with E-state index in [0.717, 1.165) is 4.90 Å². The van der Waals surface area contributed by atoms with E-state index in [0.29, 0.717) is 31.2 Å². The van der Waals surface area contributed by atoms with E-state index in [4.69, 9.17) is 0 Å². The van der Waals surface area contributed by atoms with E-state index >= 15 is 0 Å². The van der Waals surface area contributed by atoms with Crippen LogP contribution in [0.1, 0.15) is 60.5 Å². The van der Waals surface area contributed by atoms with Gasteiger partial charge in [-0.05, 0) is 49.8 Å². The molecule has 8 heteroatoms. The fraction of sp³-hybridized carbons (Fsp3) is 0.619. The normalized spacial score (nSPS) is 35.7. The Balaban J connectivity index is 1.38. The molecule has 1 spiro atoms. The van der Waals surface area contributed by atoms with Crippen LogP contribution in [0.15, 0.2) is 18.2 Å². The third kappa shape index (κ3) is 2.86. The number of nitrogens with one attached hydrogen (secondary N) is 1. The molecule has 3 aliphatic carbocycles. The number of carbonyl (C=O) groups excluding carboxylic acids is 2. The molecule has 2 amide bonds. The molecule has 1 unspecified atom stereocenters. The first-order valence-electron chi connectivity index (χ1n) is 9.98. The van der Waals surface area contributed by atoms with Gasteiger partial charge in [-0.2, -0.15) is 0 Å². The lowest BCUT2D eigenvalue weighted by atomic mass is 9.77. The highest BCUT2D eigenvalue weighted by Gasteiger charge is 2.74. The van der Waals surface area contributed by atoms with Gasteiger partial charge in [0.05, 0.1) is 17.6 Å². The van der Waals surface area contributed by atoms with Gasteiger partial charge in [0.25, 0.3) is 11.8 Å². The molecule has 3 fully saturated rings. The van der Waals surface area contributed by atoms with Gasteiger partial charge in [0.1, 0.15) is 5.67 Å². The quantitative estimate of drug-likeness (QED) is 0.804. The predicted octanol–water partition coefficient (Wildman–Crippen LogP) is 2.41. The molecule has 1 aliphatic heterocycles. The maximum Gasteiger partial charge on any atom is 0.260 e. The molecule has 3 saturated carbocycles. The number of amides is 2. The number of hydrogen-bond acceptors (Lipinski definition) is 3. The van der Waals surface area contributed by atoms with E-state index in [2.05, 4.69) is 5.32 Å². The highest BCUT2D eigenvalue weighted by molar-refractivity contribution is 6.00. The Morgan fingerprint density at radius 3 is 2.48 bits per heavy atom. The predicted molar refractivity (Wildman–Crippen MR) is 97.4 cm³/mol. The molecule has 29 heavy (non-hydrogen) atoms. The van der Waals surface area contributed by atoms with Gasteiger partial charge >= 0.3 is 0 Å². The van der Waals surface area contributed by atoms with Gasteiger partial charge in [-0.15, -0.1) is 0 Å². The summed E-state index contributed by atoms with van der Waals surface area (Å²) in [7, 11) is 0. The van der Waals surface area contributed by atoms with Crippen LogP contribution in [0.4, 0.5) is 13.2 Å². The second kappa shape index (κ2) is 5.53. The molecule has 0 aromatic heterocycles. The van der Waals surface area contributed by atoms with Crippen molar-refractivity contribution in [3.05, 3.63) is 34.9 Å². The molecule has 0 saturated heterocycles. The molecule has 5 nitrogen and oxygen atoms in total. The van der Waals surface area contributed by atoms with Gasteiger partial charge in [0, 0.05) is 24.6 Å². The molecule has 0 bridgehead atoms. The Morgan fingerprint density at radius 2 is 1.93 bits per heavy atom. The lowest BCUT2D eigenvalue weighted by Crippen LogP contribution is -2.56. The number of hydrogen-bond donors (Lipinski definition) is 2. The number of fused-ring (bicyclic) bond motifs is 2. The van der Waals surface area contributed by atoms with E-state index in [1.165, 1.54) is 18.2 Å². The van der Waals surface area contributed by atoms with Crippen molar-refractivity contribution in [2.45, 2.75) is 67.7 Å². The summed E-state index contributed by atoms with van der Waals surface area (Å²) >= 11 is 0. The van der Waals surface area contributed by atoms with Crippen LogP contribution in [0.2, 0.25) is 0 Å². The number of nitrogens with zero attached hydrogens (tertiary/aromatic N) is 1. The Morgan fingerprint density at radius 1 is 1.28 bits per heavy atom. The van der Waals surface area contributed by atoms with E-state index in [1.54, 1.807) is 6.92 Å². The fourth-order valence-electron chi connectivity index (χ4n) is 4.93. The monoisotopic (exact) mass is 408 g/mol. The standard InChI is InChI=1S/C21H23F3N2O3/c1-18(29)7-13(8-18)25-16(27)9-26-11-19(10-21(19,23)24)15-6-12(20(22)4-5-20)2-3-14(15)17(26)28/h2-3,6,13,29H,4-5,7-11H2,1H3,(H,25,27). The zero-order valence-corrected chi connectivity index (χ0v) is 16.1. The Kier molecular flexibility index (Phi) is 3.61. The summed E-state index contributed by atoms with van der Waals surface area (Å²) < 4.78 is 43.3. The summed E-state index contributed by atoms with van der Waals surface area (Å²) in [4.78, 5) is 26.4. The van der Waals surface area contributed by atoms with Crippen molar-refractivity contribution >= 4 is 11.8 Å². The van der Waals surface area contributed by atoms with E-state index in [-0.39, 0.29) is 30.3 Å². The molecule has 1 heterocycles. The Hall–Kier alpha value is -2.09. The van der Waals surface area contributed by atoms with Gasteiger partial charge in [-0.1, -0.05) is 12.1 Å². The first kappa shape index (κ1) is 18.9. The van der Waals surface area contributed by atoms with E-state index < -0.39 is 40.8 Å². The number of carbonyl (C=O) groups is 2. The van der Waals surface area contributed by atoms with Crippen LogP contribution in [0.25, 0.3) is 0 Å². The molecule has 5 rings (SSSR count). The van der Waals surface area contributed by atoms with E-state index in [9.17, 15) is 27.9 Å². The van der Waals surface area contributed by atoms with Gasteiger partial charge in [0.15, 0.2) is 0 Å². The number of benzene rings is 1. The molecule has 1 aromatic rings. The topological polar surface area (TPSA) is 69.6 Å². The summed E-state index contributed by atoms with van der Waals surface area (Å²) in [5, 5.41) is 12.5. The number of alkyl halides is 3. The highest BCUT2D eigenvalue weighted by Crippen LogP contribution is 2.64. The zero-order valence-electron chi connectivity index (χ0n) is 16.1. The van der Waals surface area contributed by atoms with Crippen molar-refractivity contribution in [2.75, 3.05) is 13.1 Å². The minimum atomic E-state index is -2.99. The third-order valence-corrected chi connectivity index (χ3v) is 6.89. The number of rotatable bonds is 4. The largest absolute Gasteiger partial charge is 0.390 e. The SMILES string of the molecule is CC1(O)CC(NC(=O)CN2CC3(CC3(F)F)c3cc(C4(F)CC4)ccc3C2=O)C1. The lowest BCUT2D eigenvalue weighted by Gasteiger charge is -2.41. The first-order chi connectivity index (χ1) is 13.4. The number of aliphatic hydroxyl groups is 1. The molecular weight excluding hydrogens is 385 g/mol. The van der Waals surface area contributed by atoms with Gasteiger partial charge in [0.2, 0.25) is 5.91 Å². The summed E-state index contributed by atoms with van der Waals surface area (Å²) in [5.74, 6) is -3.91. The maximum atomic E-state index is 14.5. The van der Waals surface area contributed by atoms with Gasteiger partial charge in [-0.3, -0.25) is 9.59 Å². The van der Waals surface area contributed by atoms with E-state index in [1.807, 2.05) is 0 Å². The van der Waals surface area contributed by atoms with Crippen molar-refractivity contribution < 1.29 is 27.9 Å². The van der Waals surface area contributed by atoms with Crippen LogP contribution >= 0.6 is 0 Å². The molecular formula is C21H23F3N2O3. The smallest absolute Gasteiger partial charge is 0.260 e. The Labute approximate surface area is 166 Å². The molecule has 2 N–H and O–H groups in total. The van der Waals surface area contributed by atoms with Gasteiger partial charge in [-0.25, -0.2) is 13.2 Å². The minimum Gasteiger partial charge on any atom is -0.390 e. The molecule has 1 aromatic carbocycles. The highest BCUT2D eigenvalue weighted by atomic mass is 19.3. The number of halogens is 3. The fourth-order valence-corrected chi connectivity index (χ4v) is 4.93. The minimum absolute atomic E-state index is 0.126. The molecule has 4 aliphatic rings. The molecule has 0 radical (unpaired) electrons. The van der Waals surface area contributed by atoms with Crippen molar-refractivity contribution in [2.24, 2.45) is 0 Å². The second-order valence-electron chi connectivity index (χ2n) is 9.52. The van der Waals surface area contributed by atoms with Crippen molar-refractivity contribution in [1.29, 1.82) is 0 Å². The van der Waals surface area contributed by atoms with Crippen molar-refractivity contribution in [3.63, 3.8) is 0 Å². The molecule has 1 atom stereocenters. The average molecular weight is 408 g/mol. The van der Waals surface area contributed by atoms with Crippen LogP contribution in [0.3, 0.4) is 0 Å². The maximum absolute atomic E-state index is 14.5. The van der Waals surface area contributed by atoms with Crippen LogP contribution in [0, 0.1) is 0 Å². The van der Waals surface area contributed by atoms with Gasteiger partial charge < -0.3 is 15.3 Å². The second-order valence-corrected chi connectivity index (χ2v) is 9.52. The summed E-state index contributed by atoms with van der Waals surface area (Å²) in [5.41, 5.74) is -3.12. The summed E-state index contributed by atoms with van der Waals surface area (Å²) in [6.45, 7) is 1.10. The van der Waals surface area contributed by atoms with Crippen LogP contribution in [0.5, 0.6) is 0 Å².